The van der Waals surface area contributed by atoms with Crippen molar-refractivity contribution in [3.05, 3.63) is 29.8 Å². The quantitative estimate of drug-likeness (QED) is 0.562. The molecule has 26 heavy (non-hydrogen) atoms. The van der Waals surface area contributed by atoms with E-state index in [2.05, 4.69) is 10.4 Å². The van der Waals surface area contributed by atoms with Crippen molar-refractivity contribution in [1.29, 1.82) is 0 Å². The summed E-state index contributed by atoms with van der Waals surface area (Å²) in [7, 11) is -7.24. The first-order valence-electron chi connectivity index (χ1n) is 8.11. The standard InChI is InChI=1S/C16H23N3O5S2/c1-12(2)18-19(15-8-9-25(21,22)11-15)26(23,24)16-6-4-14(5-7-16)10-17-13(3)20/h4-7,15H,8-11H2,1-3H3,(H,17,20)/t15-/m1/s1. The number of carbonyl (C=O) groups excluding carboxylic acids is 1. The number of carbonyl (C=O) groups is 1. The van der Waals surface area contributed by atoms with Crippen molar-refractivity contribution in [3.8, 4) is 0 Å². The molecule has 1 atom stereocenters. The summed E-state index contributed by atoms with van der Waals surface area (Å²) in [5.41, 5.74) is 1.27. The molecule has 1 fully saturated rings. The van der Waals surface area contributed by atoms with Crippen LogP contribution in [-0.4, -0.2) is 50.4 Å². The van der Waals surface area contributed by atoms with Crippen LogP contribution in [0.2, 0.25) is 0 Å². The Labute approximate surface area is 154 Å². The van der Waals surface area contributed by atoms with E-state index < -0.39 is 25.9 Å². The number of sulfone groups is 1. The lowest BCUT2D eigenvalue weighted by atomic mass is 10.2. The first kappa shape index (κ1) is 20.4. The molecule has 2 rings (SSSR count). The minimum atomic E-state index is -3.98. The van der Waals surface area contributed by atoms with Crippen molar-refractivity contribution in [2.45, 2.75) is 44.7 Å². The van der Waals surface area contributed by atoms with Crippen LogP contribution >= 0.6 is 0 Å². The van der Waals surface area contributed by atoms with Gasteiger partial charge in [-0.15, -0.1) is 0 Å². The lowest BCUT2D eigenvalue weighted by molar-refractivity contribution is -0.119. The van der Waals surface area contributed by atoms with Crippen LogP contribution in [-0.2, 0) is 31.2 Å². The summed E-state index contributed by atoms with van der Waals surface area (Å²) in [5, 5.41) is 6.73. The molecule has 1 heterocycles. The van der Waals surface area contributed by atoms with Gasteiger partial charge in [0.25, 0.3) is 10.0 Å². The normalized spacial score (nSPS) is 19.0. The molecule has 0 bridgehead atoms. The van der Waals surface area contributed by atoms with Gasteiger partial charge in [-0.1, -0.05) is 12.1 Å². The fraction of sp³-hybridized carbons (Fsp3) is 0.500. The molecule has 0 aromatic heterocycles. The molecule has 1 aliphatic heterocycles. The molecule has 1 aromatic carbocycles. The Morgan fingerprint density at radius 2 is 1.85 bits per heavy atom. The molecular formula is C16H23N3O5S2. The minimum Gasteiger partial charge on any atom is -0.352 e. The zero-order chi connectivity index (χ0) is 19.5. The van der Waals surface area contributed by atoms with Gasteiger partial charge in [0, 0.05) is 19.2 Å². The predicted octanol–water partition coefficient (Wildman–Crippen LogP) is 0.896. The molecule has 1 saturated heterocycles. The third kappa shape index (κ3) is 5.04. The van der Waals surface area contributed by atoms with Crippen molar-refractivity contribution in [2.75, 3.05) is 11.5 Å². The smallest absolute Gasteiger partial charge is 0.279 e. The van der Waals surface area contributed by atoms with E-state index >= 15 is 0 Å². The predicted molar refractivity (Wildman–Crippen MR) is 98.8 cm³/mol. The topological polar surface area (TPSA) is 113 Å². The summed E-state index contributed by atoms with van der Waals surface area (Å²) < 4.78 is 50.4. The minimum absolute atomic E-state index is 0.0263. The Balaban J connectivity index is 2.32. The lowest BCUT2D eigenvalue weighted by Gasteiger charge is -2.25. The number of nitrogens with zero attached hydrogens (tertiary/aromatic N) is 2. The van der Waals surface area contributed by atoms with Crippen LogP contribution in [0.15, 0.2) is 34.3 Å². The van der Waals surface area contributed by atoms with Crippen molar-refractivity contribution in [2.24, 2.45) is 5.10 Å². The van der Waals surface area contributed by atoms with Crippen LogP contribution < -0.4 is 5.32 Å². The summed E-state index contributed by atoms with van der Waals surface area (Å²) in [6.07, 6.45) is 0.221. The average Bonchev–Trinajstić information content (AvgIpc) is 2.90. The van der Waals surface area contributed by atoms with Gasteiger partial charge >= 0.3 is 0 Å². The fourth-order valence-electron chi connectivity index (χ4n) is 2.59. The highest BCUT2D eigenvalue weighted by molar-refractivity contribution is 7.92. The summed E-state index contributed by atoms with van der Waals surface area (Å²) in [5.74, 6) is -0.454. The van der Waals surface area contributed by atoms with E-state index in [1.807, 2.05) is 0 Å². The molecular weight excluding hydrogens is 378 g/mol. The second-order valence-electron chi connectivity index (χ2n) is 6.44. The molecule has 0 radical (unpaired) electrons. The number of rotatable bonds is 6. The molecule has 0 aliphatic carbocycles. The molecule has 10 heteroatoms. The average molecular weight is 402 g/mol. The van der Waals surface area contributed by atoms with Gasteiger partial charge in [0.15, 0.2) is 9.84 Å². The van der Waals surface area contributed by atoms with E-state index in [0.717, 1.165) is 9.98 Å². The molecule has 1 N–H and O–H groups in total. The van der Waals surface area contributed by atoms with Crippen LogP contribution in [0.25, 0.3) is 0 Å². The third-order valence-electron chi connectivity index (χ3n) is 3.83. The molecule has 0 saturated carbocycles. The highest BCUT2D eigenvalue weighted by Crippen LogP contribution is 2.26. The maximum atomic E-state index is 13.0. The van der Waals surface area contributed by atoms with E-state index in [9.17, 15) is 21.6 Å². The molecule has 1 aliphatic rings. The summed E-state index contributed by atoms with van der Waals surface area (Å²) in [6, 6.07) is 5.37. The van der Waals surface area contributed by atoms with Crippen LogP contribution in [0.5, 0.6) is 0 Å². The maximum Gasteiger partial charge on any atom is 0.279 e. The van der Waals surface area contributed by atoms with Crippen LogP contribution in [0.1, 0.15) is 32.8 Å². The van der Waals surface area contributed by atoms with E-state index in [-0.39, 0.29) is 28.7 Å². The van der Waals surface area contributed by atoms with Crippen molar-refractivity contribution >= 4 is 31.5 Å². The van der Waals surface area contributed by atoms with Gasteiger partial charge in [-0.25, -0.2) is 8.42 Å². The molecule has 144 valence electrons. The van der Waals surface area contributed by atoms with Gasteiger partial charge in [-0.2, -0.15) is 17.9 Å². The Kier molecular flexibility index (Phi) is 6.07. The molecule has 1 aromatic rings. The Bertz CT molecular complexity index is 902. The molecule has 8 nitrogen and oxygen atoms in total. The largest absolute Gasteiger partial charge is 0.352 e. The van der Waals surface area contributed by atoms with Gasteiger partial charge in [-0.05, 0) is 38.0 Å². The van der Waals surface area contributed by atoms with E-state index in [1.165, 1.54) is 19.1 Å². The van der Waals surface area contributed by atoms with Crippen molar-refractivity contribution in [1.82, 2.24) is 9.73 Å². The van der Waals surface area contributed by atoms with E-state index in [0.29, 0.717) is 12.3 Å². The Hall–Kier alpha value is -1.94. The second kappa shape index (κ2) is 7.75. The number of benzene rings is 1. The number of hydrogen-bond acceptors (Lipinski definition) is 6. The zero-order valence-electron chi connectivity index (χ0n) is 15.0. The highest BCUT2D eigenvalue weighted by Gasteiger charge is 2.38. The highest BCUT2D eigenvalue weighted by atomic mass is 32.2. The number of hydrazone groups is 1. The Morgan fingerprint density at radius 3 is 2.31 bits per heavy atom. The van der Waals surface area contributed by atoms with Gasteiger partial charge in [0.1, 0.15) is 0 Å². The fourth-order valence-corrected chi connectivity index (χ4v) is 5.92. The summed E-state index contributed by atoms with van der Waals surface area (Å²) in [4.78, 5) is 11.0. The van der Waals surface area contributed by atoms with Gasteiger partial charge in [0.2, 0.25) is 5.91 Å². The third-order valence-corrected chi connectivity index (χ3v) is 7.32. The summed E-state index contributed by atoms with van der Waals surface area (Å²) in [6.45, 7) is 5.01. The summed E-state index contributed by atoms with van der Waals surface area (Å²) >= 11 is 0. The lowest BCUT2D eigenvalue weighted by Crippen LogP contribution is -2.37. The van der Waals surface area contributed by atoms with Gasteiger partial charge < -0.3 is 5.32 Å². The molecule has 0 spiro atoms. The van der Waals surface area contributed by atoms with E-state index in [4.69, 9.17) is 0 Å². The monoisotopic (exact) mass is 401 g/mol. The van der Waals surface area contributed by atoms with Crippen LogP contribution in [0.4, 0.5) is 0 Å². The zero-order valence-corrected chi connectivity index (χ0v) is 16.6. The number of amides is 1. The van der Waals surface area contributed by atoms with Crippen molar-refractivity contribution in [3.63, 3.8) is 0 Å². The number of sulfonamides is 1. The van der Waals surface area contributed by atoms with Crippen molar-refractivity contribution < 1.29 is 21.6 Å². The first-order valence-corrected chi connectivity index (χ1v) is 11.4. The van der Waals surface area contributed by atoms with Gasteiger partial charge in [-0.3, -0.25) is 4.79 Å². The van der Waals surface area contributed by atoms with Gasteiger partial charge in [0.05, 0.1) is 22.4 Å². The molecule has 0 unspecified atom stereocenters. The van der Waals surface area contributed by atoms with E-state index in [1.54, 1.807) is 26.0 Å². The molecule has 1 amide bonds. The van der Waals surface area contributed by atoms with Crippen LogP contribution in [0.3, 0.4) is 0 Å². The maximum absolute atomic E-state index is 13.0. The number of hydrogen-bond donors (Lipinski definition) is 1. The second-order valence-corrected chi connectivity index (χ2v) is 10.5. The Morgan fingerprint density at radius 1 is 1.23 bits per heavy atom. The SMILES string of the molecule is CC(=O)NCc1ccc(S(=O)(=O)N(N=C(C)C)[C@@H]2CCS(=O)(=O)C2)cc1. The van der Waals surface area contributed by atoms with Crippen LogP contribution in [0, 0.1) is 0 Å². The first-order chi connectivity index (χ1) is 12.0. The number of nitrogens with one attached hydrogen (secondary N) is 1.